The summed E-state index contributed by atoms with van der Waals surface area (Å²) in [5.41, 5.74) is 5.16. The maximum atomic E-state index is 10.0. The second-order valence-corrected chi connectivity index (χ2v) is 2.58. The Morgan fingerprint density at radius 3 is 1.85 bits per heavy atom. The van der Waals surface area contributed by atoms with Crippen LogP contribution in [0.3, 0.4) is 0 Å². The Hall–Kier alpha value is -1.29. The van der Waals surface area contributed by atoms with Crippen molar-refractivity contribution in [3.05, 3.63) is 25.7 Å². The Balaban J connectivity index is 0. The van der Waals surface area contributed by atoms with Gasteiger partial charge in [0.05, 0.1) is 12.5 Å². The van der Waals surface area contributed by atoms with Crippen LogP contribution in [0.5, 0.6) is 0 Å². The standard InChI is InChI=1S/C5H11NO2.C4H6O/c1-3(2)4(6)5(7)8;1-3-5-4-2/h3-4H,6H2,1-2H3,(H,7,8);3-4H,1-2H2/t4-;/m0./s1. The fraction of sp³-hybridized carbons (Fsp3) is 0.444. The summed E-state index contributed by atoms with van der Waals surface area (Å²) in [5.74, 6) is -0.910. The molecular weight excluding hydrogens is 170 g/mol. The monoisotopic (exact) mass is 187 g/mol. The first kappa shape index (κ1) is 14.2. The van der Waals surface area contributed by atoms with Crippen LogP contribution < -0.4 is 5.73 Å². The van der Waals surface area contributed by atoms with Gasteiger partial charge in [-0.2, -0.15) is 0 Å². The highest BCUT2D eigenvalue weighted by atomic mass is 16.5. The molecule has 4 nitrogen and oxygen atoms in total. The van der Waals surface area contributed by atoms with Crippen LogP contribution in [-0.2, 0) is 9.53 Å². The lowest BCUT2D eigenvalue weighted by atomic mass is 10.1. The molecule has 0 amide bonds. The minimum Gasteiger partial charge on any atom is -0.480 e. The molecule has 0 aromatic carbocycles. The van der Waals surface area contributed by atoms with Gasteiger partial charge in [0.15, 0.2) is 0 Å². The van der Waals surface area contributed by atoms with E-state index in [0.717, 1.165) is 0 Å². The molecule has 0 saturated heterocycles. The third-order valence-corrected chi connectivity index (χ3v) is 1.20. The smallest absolute Gasteiger partial charge is 0.320 e. The minimum atomic E-state index is -0.931. The number of rotatable bonds is 4. The van der Waals surface area contributed by atoms with E-state index in [9.17, 15) is 4.79 Å². The van der Waals surface area contributed by atoms with Gasteiger partial charge in [-0.25, -0.2) is 0 Å². The van der Waals surface area contributed by atoms with E-state index in [0.29, 0.717) is 0 Å². The van der Waals surface area contributed by atoms with E-state index in [2.05, 4.69) is 17.9 Å². The van der Waals surface area contributed by atoms with Crippen molar-refractivity contribution < 1.29 is 14.6 Å². The Labute approximate surface area is 78.7 Å². The maximum absolute atomic E-state index is 10.0. The molecule has 1 atom stereocenters. The zero-order valence-electron chi connectivity index (χ0n) is 8.06. The van der Waals surface area contributed by atoms with Crippen molar-refractivity contribution in [2.24, 2.45) is 11.7 Å². The van der Waals surface area contributed by atoms with Crippen LogP contribution in [0.2, 0.25) is 0 Å². The van der Waals surface area contributed by atoms with Gasteiger partial charge in [-0.15, -0.1) is 0 Å². The average Bonchev–Trinajstić information content (AvgIpc) is 2.05. The lowest BCUT2D eigenvalue weighted by molar-refractivity contribution is -0.139. The van der Waals surface area contributed by atoms with E-state index < -0.39 is 12.0 Å². The minimum absolute atomic E-state index is 0.0208. The molecule has 0 saturated carbocycles. The van der Waals surface area contributed by atoms with Crippen LogP contribution >= 0.6 is 0 Å². The zero-order valence-corrected chi connectivity index (χ0v) is 8.06. The summed E-state index contributed by atoms with van der Waals surface area (Å²) >= 11 is 0. The van der Waals surface area contributed by atoms with Gasteiger partial charge < -0.3 is 15.6 Å². The van der Waals surface area contributed by atoms with Crippen LogP contribution in [0.4, 0.5) is 0 Å². The quantitative estimate of drug-likeness (QED) is 0.651. The number of carbonyl (C=O) groups is 1. The number of aliphatic carboxylic acids is 1. The fourth-order valence-electron chi connectivity index (χ4n) is 0.353. The van der Waals surface area contributed by atoms with Crippen molar-refractivity contribution in [3.63, 3.8) is 0 Å². The molecule has 0 aliphatic rings. The molecule has 0 heterocycles. The number of ether oxygens (including phenoxy) is 1. The lowest BCUT2D eigenvalue weighted by Gasteiger charge is -2.07. The van der Waals surface area contributed by atoms with Gasteiger partial charge in [0.2, 0.25) is 0 Å². The van der Waals surface area contributed by atoms with E-state index in [4.69, 9.17) is 10.8 Å². The third kappa shape index (κ3) is 10.7. The summed E-state index contributed by atoms with van der Waals surface area (Å²) in [6.07, 6.45) is 2.62. The number of hydrogen-bond acceptors (Lipinski definition) is 3. The molecular formula is C9H17NO3. The highest BCUT2D eigenvalue weighted by Gasteiger charge is 2.14. The summed E-state index contributed by atoms with van der Waals surface area (Å²) in [7, 11) is 0. The summed E-state index contributed by atoms with van der Waals surface area (Å²) in [5, 5.41) is 8.23. The van der Waals surface area contributed by atoms with Crippen LogP contribution in [0.1, 0.15) is 13.8 Å². The van der Waals surface area contributed by atoms with Gasteiger partial charge in [0, 0.05) is 0 Å². The third-order valence-electron chi connectivity index (χ3n) is 1.20. The molecule has 0 aliphatic heterocycles. The molecule has 0 bridgehead atoms. The molecule has 0 radical (unpaired) electrons. The SMILES string of the molecule is C=COC=C.CC(C)[C@H](N)C(=O)O. The molecule has 3 N–H and O–H groups in total. The first-order valence-corrected chi connectivity index (χ1v) is 3.83. The van der Waals surface area contributed by atoms with Crippen LogP contribution in [0.15, 0.2) is 25.7 Å². The molecule has 0 aliphatic carbocycles. The van der Waals surface area contributed by atoms with Crippen molar-refractivity contribution in [1.29, 1.82) is 0 Å². The molecule has 0 spiro atoms. The average molecular weight is 187 g/mol. The van der Waals surface area contributed by atoms with Crippen LogP contribution in [0, 0.1) is 5.92 Å². The molecule has 0 aromatic heterocycles. The van der Waals surface area contributed by atoms with Gasteiger partial charge in [0.1, 0.15) is 6.04 Å². The predicted molar refractivity (Wildman–Crippen MR) is 51.9 cm³/mol. The summed E-state index contributed by atoms with van der Waals surface area (Å²) in [4.78, 5) is 10.0. The highest BCUT2D eigenvalue weighted by Crippen LogP contribution is 1.96. The Morgan fingerprint density at radius 1 is 1.46 bits per heavy atom. The summed E-state index contributed by atoms with van der Waals surface area (Å²) in [6, 6.07) is -0.713. The number of carboxylic acids is 1. The normalized spacial score (nSPS) is 10.8. The van der Waals surface area contributed by atoms with Crippen molar-refractivity contribution in [2.45, 2.75) is 19.9 Å². The Bertz CT molecular complexity index is 160. The molecule has 0 rings (SSSR count). The van der Waals surface area contributed by atoms with Gasteiger partial charge in [-0.3, -0.25) is 4.79 Å². The fourth-order valence-corrected chi connectivity index (χ4v) is 0.353. The Morgan fingerprint density at radius 2 is 1.85 bits per heavy atom. The predicted octanol–water partition coefficient (Wildman–Crippen LogP) is 1.34. The van der Waals surface area contributed by atoms with E-state index >= 15 is 0 Å². The van der Waals surface area contributed by atoms with Crippen molar-refractivity contribution in [3.8, 4) is 0 Å². The molecule has 0 fully saturated rings. The van der Waals surface area contributed by atoms with Gasteiger partial charge in [-0.05, 0) is 5.92 Å². The van der Waals surface area contributed by atoms with Crippen LogP contribution in [-0.4, -0.2) is 17.1 Å². The second-order valence-electron chi connectivity index (χ2n) is 2.58. The first-order valence-electron chi connectivity index (χ1n) is 3.83. The van der Waals surface area contributed by atoms with Gasteiger partial charge in [0.25, 0.3) is 0 Å². The summed E-state index contributed by atoms with van der Waals surface area (Å²) < 4.78 is 4.36. The molecule has 4 heteroatoms. The molecule has 76 valence electrons. The van der Waals surface area contributed by atoms with E-state index in [-0.39, 0.29) is 5.92 Å². The van der Waals surface area contributed by atoms with Crippen molar-refractivity contribution in [2.75, 3.05) is 0 Å². The van der Waals surface area contributed by atoms with Crippen LogP contribution in [0.25, 0.3) is 0 Å². The first-order chi connectivity index (χ1) is 5.97. The Kier molecular flexibility index (Phi) is 9.65. The number of carboxylic acid groups (broad SMARTS) is 1. The van der Waals surface area contributed by atoms with E-state index in [1.54, 1.807) is 13.8 Å². The maximum Gasteiger partial charge on any atom is 0.320 e. The largest absolute Gasteiger partial charge is 0.480 e. The van der Waals surface area contributed by atoms with Crippen molar-refractivity contribution in [1.82, 2.24) is 0 Å². The zero-order chi connectivity index (χ0) is 10.9. The molecule has 0 aromatic rings. The van der Waals surface area contributed by atoms with Gasteiger partial charge in [-0.1, -0.05) is 27.0 Å². The second kappa shape index (κ2) is 8.80. The number of nitrogens with two attached hydrogens (primary N) is 1. The van der Waals surface area contributed by atoms with Crippen molar-refractivity contribution >= 4 is 5.97 Å². The highest BCUT2D eigenvalue weighted by molar-refractivity contribution is 5.73. The van der Waals surface area contributed by atoms with Gasteiger partial charge >= 0.3 is 5.97 Å². The molecule has 0 unspecified atom stereocenters. The number of hydrogen-bond donors (Lipinski definition) is 2. The topological polar surface area (TPSA) is 72.5 Å². The molecule has 13 heavy (non-hydrogen) atoms. The van der Waals surface area contributed by atoms with E-state index in [1.807, 2.05) is 0 Å². The summed E-state index contributed by atoms with van der Waals surface area (Å²) in [6.45, 7) is 10.1. The lowest BCUT2D eigenvalue weighted by Crippen LogP contribution is -2.34. The van der Waals surface area contributed by atoms with E-state index in [1.165, 1.54) is 12.5 Å².